The first-order chi connectivity index (χ1) is 17.7. The number of fused-ring (bicyclic) bond motifs is 1. The Morgan fingerprint density at radius 1 is 1.19 bits per heavy atom. The lowest BCUT2D eigenvalue weighted by Crippen LogP contribution is -2.36. The van der Waals surface area contributed by atoms with E-state index >= 15 is 0 Å². The molecular weight excluding hydrogens is 472 g/mol. The number of hydrogen-bond donors (Lipinski definition) is 0. The molecule has 0 N–H and O–H groups in total. The monoisotopic (exact) mass is 504 g/mol. The molecule has 8 heteroatoms. The molecule has 1 aromatic heterocycles. The highest BCUT2D eigenvalue weighted by Crippen LogP contribution is 2.31. The molecule has 4 rings (SSSR count). The van der Waals surface area contributed by atoms with E-state index in [1.165, 1.54) is 0 Å². The molecule has 0 saturated carbocycles. The van der Waals surface area contributed by atoms with Gasteiger partial charge in [0.25, 0.3) is 0 Å². The third kappa shape index (κ3) is 6.42. The molecule has 37 heavy (non-hydrogen) atoms. The highest BCUT2D eigenvalue weighted by Gasteiger charge is 2.31. The standard InChI is InChI=1S/C29H32N2O6/c1-5-34-27(32)25(15-21-18-35-26-11-6-19(16-30)14-24(21)26)20-7-9-22(10-8-20)36-23-12-13-31(17-23)28(33)37-29(2,3)4/h6-11,14,18,23,25H,5,12-13,15,17H2,1-4H3/t23-,25?/m0/s1. The SMILES string of the molecule is CCOC(=O)C(Cc1coc2ccc(C#N)cc12)c1ccc(O[C@H]2CCN(C(=O)OC(C)(C)C)C2)cc1. The van der Waals surface area contributed by atoms with Crippen molar-refractivity contribution in [3.8, 4) is 11.8 Å². The normalized spacial score (nSPS) is 16.3. The molecule has 1 amide bonds. The van der Waals surface area contributed by atoms with Gasteiger partial charge in [-0.3, -0.25) is 4.79 Å². The Bertz CT molecular complexity index is 1300. The van der Waals surface area contributed by atoms with Gasteiger partial charge in [-0.2, -0.15) is 5.26 Å². The minimum atomic E-state index is -0.547. The zero-order chi connectivity index (χ0) is 26.6. The van der Waals surface area contributed by atoms with Gasteiger partial charge in [0.1, 0.15) is 23.0 Å². The number of ether oxygens (including phenoxy) is 3. The van der Waals surface area contributed by atoms with Crippen molar-refractivity contribution in [3.63, 3.8) is 0 Å². The third-order valence-corrected chi connectivity index (χ3v) is 6.16. The van der Waals surface area contributed by atoms with Gasteiger partial charge in [0.2, 0.25) is 0 Å². The number of hydrogen-bond acceptors (Lipinski definition) is 7. The maximum absolute atomic E-state index is 12.9. The second-order valence-corrected chi connectivity index (χ2v) is 10.1. The summed E-state index contributed by atoms with van der Waals surface area (Å²) in [4.78, 5) is 26.9. The fourth-order valence-corrected chi connectivity index (χ4v) is 4.40. The van der Waals surface area contributed by atoms with Crippen LogP contribution in [0.1, 0.15) is 56.7 Å². The largest absolute Gasteiger partial charge is 0.489 e. The molecule has 0 bridgehead atoms. The molecule has 1 aliphatic rings. The Hall–Kier alpha value is -3.99. The van der Waals surface area contributed by atoms with Crippen LogP contribution in [-0.4, -0.2) is 48.4 Å². The summed E-state index contributed by atoms with van der Waals surface area (Å²) in [7, 11) is 0. The summed E-state index contributed by atoms with van der Waals surface area (Å²) in [5, 5.41) is 10.1. The first kappa shape index (κ1) is 26.1. The molecule has 8 nitrogen and oxygen atoms in total. The van der Waals surface area contributed by atoms with Crippen molar-refractivity contribution in [1.82, 2.24) is 4.90 Å². The highest BCUT2D eigenvalue weighted by atomic mass is 16.6. The van der Waals surface area contributed by atoms with Gasteiger partial charge >= 0.3 is 12.1 Å². The van der Waals surface area contributed by atoms with Gasteiger partial charge in [-0.05, 0) is 75.6 Å². The number of nitrogens with zero attached hydrogens (tertiary/aromatic N) is 2. The summed E-state index contributed by atoms with van der Waals surface area (Å²) < 4.78 is 22.6. The van der Waals surface area contributed by atoms with E-state index in [1.54, 1.807) is 36.3 Å². The summed E-state index contributed by atoms with van der Waals surface area (Å²) in [5.41, 5.74) is 2.28. The van der Waals surface area contributed by atoms with Crippen LogP contribution < -0.4 is 4.74 Å². The Morgan fingerprint density at radius 3 is 2.62 bits per heavy atom. The topological polar surface area (TPSA) is 102 Å². The Morgan fingerprint density at radius 2 is 1.95 bits per heavy atom. The van der Waals surface area contributed by atoms with Gasteiger partial charge in [0.05, 0.1) is 37.0 Å². The Labute approximate surface area is 216 Å². The average Bonchev–Trinajstić information content (AvgIpc) is 3.49. The third-order valence-electron chi connectivity index (χ3n) is 6.16. The van der Waals surface area contributed by atoms with Crippen molar-refractivity contribution in [2.24, 2.45) is 0 Å². The van der Waals surface area contributed by atoms with Crippen LogP contribution in [0.5, 0.6) is 5.75 Å². The van der Waals surface area contributed by atoms with E-state index < -0.39 is 11.5 Å². The van der Waals surface area contributed by atoms with Gasteiger partial charge in [0.15, 0.2) is 0 Å². The number of amides is 1. The molecular formula is C29H32N2O6. The fourth-order valence-electron chi connectivity index (χ4n) is 4.40. The summed E-state index contributed by atoms with van der Waals surface area (Å²) >= 11 is 0. The van der Waals surface area contributed by atoms with Crippen molar-refractivity contribution in [2.45, 2.75) is 58.2 Å². The van der Waals surface area contributed by atoms with Crippen molar-refractivity contribution in [1.29, 1.82) is 5.26 Å². The minimum Gasteiger partial charge on any atom is -0.489 e. The van der Waals surface area contributed by atoms with E-state index in [1.807, 2.05) is 45.0 Å². The maximum Gasteiger partial charge on any atom is 0.410 e. The first-order valence-corrected chi connectivity index (χ1v) is 12.5. The van der Waals surface area contributed by atoms with Gasteiger partial charge in [-0.15, -0.1) is 0 Å². The Kier molecular flexibility index (Phi) is 7.72. The summed E-state index contributed by atoms with van der Waals surface area (Å²) in [6, 6.07) is 14.8. The number of benzene rings is 2. The molecule has 1 unspecified atom stereocenters. The number of carbonyl (C=O) groups is 2. The van der Waals surface area contributed by atoms with E-state index in [4.69, 9.17) is 18.6 Å². The summed E-state index contributed by atoms with van der Waals surface area (Å²) in [6.45, 7) is 8.63. The zero-order valence-corrected chi connectivity index (χ0v) is 21.7. The molecule has 194 valence electrons. The van der Waals surface area contributed by atoms with Crippen LogP contribution in [0.25, 0.3) is 11.0 Å². The van der Waals surface area contributed by atoms with Gasteiger partial charge in [0, 0.05) is 18.4 Å². The van der Waals surface area contributed by atoms with Crippen LogP contribution in [0.3, 0.4) is 0 Å². The van der Waals surface area contributed by atoms with Gasteiger partial charge < -0.3 is 23.5 Å². The van der Waals surface area contributed by atoms with E-state index in [9.17, 15) is 14.9 Å². The second-order valence-electron chi connectivity index (χ2n) is 10.1. The molecule has 1 fully saturated rings. The summed E-state index contributed by atoms with van der Waals surface area (Å²) in [5.74, 6) is -0.213. The van der Waals surface area contributed by atoms with Gasteiger partial charge in [-0.25, -0.2) is 4.79 Å². The Balaban J connectivity index is 1.46. The predicted octanol–water partition coefficient (Wildman–Crippen LogP) is 5.58. The summed E-state index contributed by atoms with van der Waals surface area (Å²) in [6.07, 6.45) is 2.25. The van der Waals surface area contributed by atoms with Crippen LogP contribution in [0.2, 0.25) is 0 Å². The van der Waals surface area contributed by atoms with Gasteiger partial charge in [-0.1, -0.05) is 12.1 Å². The number of esters is 1. The molecule has 0 spiro atoms. The molecule has 2 heterocycles. The quantitative estimate of drug-likeness (QED) is 0.387. The molecule has 2 atom stereocenters. The molecule has 3 aromatic rings. The highest BCUT2D eigenvalue weighted by molar-refractivity contribution is 5.84. The van der Waals surface area contributed by atoms with Crippen LogP contribution >= 0.6 is 0 Å². The first-order valence-electron chi connectivity index (χ1n) is 12.5. The lowest BCUT2D eigenvalue weighted by Gasteiger charge is -2.24. The van der Waals surface area contributed by atoms with Crippen LogP contribution in [0.4, 0.5) is 4.79 Å². The number of nitriles is 1. The molecule has 1 saturated heterocycles. The molecule has 2 aromatic carbocycles. The van der Waals surface area contributed by atoms with E-state index in [0.29, 0.717) is 42.8 Å². The van der Waals surface area contributed by atoms with Crippen molar-refractivity contribution in [3.05, 3.63) is 65.4 Å². The number of furan rings is 1. The van der Waals surface area contributed by atoms with Crippen molar-refractivity contribution >= 4 is 23.0 Å². The van der Waals surface area contributed by atoms with E-state index in [0.717, 1.165) is 16.5 Å². The minimum absolute atomic E-state index is 0.133. The smallest absolute Gasteiger partial charge is 0.410 e. The number of likely N-dealkylation sites (tertiary alicyclic amines) is 1. The molecule has 0 radical (unpaired) electrons. The molecule has 0 aliphatic carbocycles. The predicted molar refractivity (Wildman–Crippen MR) is 137 cm³/mol. The fraction of sp³-hybridized carbons (Fsp3) is 0.414. The number of carbonyl (C=O) groups excluding carboxylic acids is 2. The number of rotatable bonds is 7. The molecule has 1 aliphatic heterocycles. The average molecular weight is 505 g/mol. The maximum atomic E-state index is 12.9. The van der Waals surface area contributed by atoms with Crippen LogP contribution in [0.15, 0.2) is 53.1 Å². The van der Waals surface area contributed by atoms with Crippen LogP contribution in [-0.2, 0) is 20.7 Å². The van der Waals surface area contributed by atoms with Crippen LogP contribution in [0, 0.1) is 11.3 Å². The van der Waals surface area contributed by atoms with E-state index in [2.05, 4.69) is 6.07 Å². The lowest BCUT2D eigenvalue weighted by atomic mass is 9.91. The zero-order valence-electron chi connectivity index (χ0n) is 21.7. The van der Waals surface area contributed by atoms with Crippen molar-refractivity contribution in [2.75, 3.05) is 19.7 Å². The second kappa shape index (κ2) is 11.0. The lowest BCUT2D eigenvalue weighted by molar-refractivity contribution is -0.144. The van der Waals surface area contributed by atoms with Crippen molar-refractivity contribution < 1.29 is 28.2 Å². The van der Waals surface area contributed by atoms with E-state index in [-0.39, 0.29) is 24.8 Å².